The predicted molar refractivity (Wildman–Crippen MR) is 134 cm³/mol. The van der Waals surface area contributed by atoms with Crippen LogP contribution in [0.5, 0.6) is 35.0 Å². The Morgan fingerprint density at radius 3 is 1.61 bits per heavy atom. The third-order valence-corrected chi connectivity index (χ3v) is 5.89. The van der Waals surface area contributed by atoms with Crippen LogP contribution in [0.2, 0.25) is 0 Å². The first-order valence-electron chi connectivity index (χ1n) is 11.5. The zero-order valence-corrected chi connectivity index (χ0v) is 19.2. The minimum Gasteiger partial charge on any atom is -0.508 e. The number of aromatic nitrogens is 3. The van der Waals surface area contributed by atoms with E-state index in [4.69, 9.17) is 14.2 Å². The molecule has 1 aliphatic rings. The maximum atomic E-state index is 9.71. The van der Waals surface area contributed by atoms with E-state index in [2.05, 4.69) is 15.0 Å². The monoisotopic (exact) mass is 482 g/mol. The van der Waals surface area contributed by atoms with Gasteiger partial charge in [-0.1, -0.05) is 24.3 Å². The number of fused-ring (bicyclic) bond motifs is 2. The van der Waals surface area contributed by atoms with Crippen molar-refractivity contribution < 1.29 is 24.4 Å². The number of ether oxygens (including phenoxy) is 3. The molecule has 0 atom stereocenters. The van der Waals surface area contributed by atoms with E-state index < -0.39 is 0 Å². The minimum absolute atomic E-state index is 0.102. The molecule has 180 valence electrons. The summed E-state index contributed by atoms with van der Waals surface area (Å²) >= 11 is 0. The molecule has 0 radical (unpaired) electrons. The van der Waals surface area contributed by atoms with Gasteiger partial charge in [-0.3, -0.25) is 0 Å². The zero-order valence-electron chi connectivity index (χ0n) is 19.2. The van der Waals surface area contributed by atoms with E-state index in [-0.39, 0.29) is 23.5 Å². The number of anilines is 1. The van der Waals surface area contributed by atoms with Crippen LogP contribution in [0.4, 0.5) is 5.95 Å². The molecule has 9 nitrogen and oxygen atoms in total. The molecule has 4 aromatic carbocycles. The Balaban J connectivity index is 1.33. The Labute approximate surface area is 206 Å². The summed E-state index contributed by atoms with van der Waals surface area (Å²) in [5.74, 6) is 1.94. The van der Waals surface area contributed by atoms with Crippen molar-refractivity contribution in [1.82, 2.24) is 15.0 Å². The third-order valence-electron chi connectivity index (χ3n) is 5.89. The predicted octanol–water partition coefficient (Wildman–Crippen LogP) is 5.01. The standard InChI is InChI=1S/C27H22N4O5/c32-21-5-1-19-15-23(7-3-17(19)13-21)35-26-28-25(31-9-11-34-12-10-31)29-27(30-26)36-24-8-4-18-14-22(33)6-2-20(18)16-24/h1-8,13-16,32-33H,9-12H2. The van der Waals surface area contributed by atoms with Gasteiger partial charge in [-0.15, -0.1) is 4.98 Å². The number of aromatic hydroxyl groups is 2. The van der Waals surface area contributed by atoms with Crippen LogP contribution in [-0.2, 0) is 4.74 Å². The summed E-state index contributed by atoms with van der Waals surface area (Å²) in [6.45, 7) is 2.43. The number of morpholine rings is 1. The molecule has 0 aliphatic carbocycles. The highest BCUT2D eigenvalue weighted by Crippen LogP contribution is 2.30. The molecule has 0 spiro atoms. The highest BCUT2D eigenvalue weighted by Gasteiger charge is 2.19. The van der Waals surface area contributed by atoms with E-state index in [9.17, 15) is 10.2 Å². The molecule has 5 aromatic rings. The molecule has 1 saturated heterocycles. The normalized spacial score (nSPS) is 13.7. The van der Waals surface area contributed by atoms with Crippen molar-refractivity contribution >= 4 is 27.5 Å². The molecule has 0 bridgehead atoms. The molecule has 9 heteroatoms. The highest BCUT2D eigenvalue weighted by atomic mass is 16.5. The van der Waals surface area contributed by atoms with Crippen LogP contribution in [0.25, 0.3) is 21.5 Å². The second-order valence-corrected chi connectivity index (χ2v) is 8.39. The van der Waals surface area contributed by atoms with Crippen molar-refractivity contribution in [2.24, 2.45) is 0 Å². The van der Waals surface area contributed by atoms with Crippen LogP contribution in [0.15, 0.2) is 72.8 Å². The Morgan fingerprint density at radius 2 is 1.08 bits per heavy atom. The molecule has 36 heavy (non-hydrogen) atoms. The maximum absolute atomic E-state index is 9.71. The zero-order chi connectivity index (χ0) is 24.5. The van der Waals surface area contributed by atoms with Crippen LogP contribution in [0, 0.1) is 0 Å². The Hall–Kier alpha value is -4.63. The maximum Gasteiger partial charge on any atom is 0.330 e. The first kappa shape index (κ1) is 21.9. The van der Waals surface area contributed by atoms with Crippen molar-refractivity contribution in [3.8, 4) is 35.0 Å². The summed E-state index contributed by atoms with van der Waals surface area (Å²) < 4.78 is 17.5. The number of benzene rings is 4. The van der Waals surface area contributed by atoms with E-state index in [1.165, 1.54) is 0 Å². The number of hydrogen-bond acceptors (Lipinski definition) is 9. The van der Waals surface area contributed by atoms with Gasteiger partial charge in [0, 0.05) is 13.1 Å². The van der Waals surface area contributed by atoms with Gasteiger partial charge >= 0.3 is 12.0 Å². The molecule has 0 saturated carbocycles. The van der Waals surface area contributed by atoms with Crippen LogP contribution in [0.3, 0.4) is 0 Å². The quantitative estimate of drug-likeness (QED) is 0.357. The summed E-state index contributed by atoms with van der Waals surface area (Å²) in [7, 11) is 0. The first-order valence-corrected chi connectivity index (χ1v) is 11.5. The van der Waals surface area contributed by atoms with Crippen molar-refractivity contribution in [3.63, 3.8) is 0 Å². The van der Waals surface area contributed by atoms with E-state index in [0.717, 1.165) is 21.5 Å². The fourth-order valence-corrected chi connectivity index (χ4v) is 4.08. The van der Waals surface area contributed by atoms with E-state index in [1.54, 1.807) is 36.4 Å². The second kappa shape index (κ2) is 9.20. The summed E-state index contributed by atoms with van der Waals surface area (Å²) in [6.07, 6.45) is 0. The number of phenols is 2. The molecule has 1 fully saturated rings. The first-order chi connectivity index (χ1) is 17.6. The smallest absolute Gasteiger partial charge is 0.330 e. The second-order valence-electron chi connectivity index (χ2n) is 8.39. The fourth-order valence-electron chi connectivity index (χ4n) is 4.08. The number of hydrogen-bond donors (Lipinski definition) is 2. The summed E-state index contributed by atoms with van der Waals surface area (Å²) in [5.41, 5.74) is 0. The molecule has 2 heterocycles. The van der Waals surface area contributed by atoms with Crippen LogP contribution >= 0.6 is 0 Å². The van der Waals surface area contributed by atoms with Gasteiger partial charge in [0.1, 0.15) is 23.0 Å². The van der Waals surface area contributed by atoms with Gasteiger partial charge in [0.05, 0.1) is 13.2 Å². The van der Waals surface area contributed by atoms with E-state index in [1.807, 2.05) is 41.3 Å². The number of nitrogens with zero attached hydrogens (tertiary/aromatic N) is 4. The average molecular weight is 482 g/mol. The van der Waals surface area contributed by atoms with Crippen molar-refractivity contribution in [3.05, 3.63) is 72.8 Å². The molecule has 2 N–H and O–H groups in total. The Morgan fingerprint density at radius 1 is 0.611 bits per heavy atom. The van der Waals surface area contributed by atoms with E-state index in [0.29, 0.717) is 43.8 Å². The van der Waals surface area contributed by atoms with Gasteiger partial charge in [0.15, 0.2) is 0 Å². The lowest BCUT2D eigenvalue weighted by Crippen LogP contribution is -2.37. The van der Waals surface area contributed by atoms with Crippen molar-refractivity contribution in [2.45, 2.75) is 0 Å². The number of rotatable bonds is 5. The summed E-state index contributed by atoms with van der Waals surface area (Å²) in [5, 5.41) is 23.0. The largest absolute Gasteiger partial charge is 0.508 e. The Kier molecular flexibility index (Phi) is 5.59. The molecule has 1 aromatic heterocycles. The highest BCUT2D eigenvalue weighted by molar-refractivity contribution is 5.86. The lowest BCUT2D eigenvalue weighted by molar-refractivity contribution is 0.122. The number of phenolic OH excluding ortho intramolecular Hbond substituents is 2. The van der Waals surface area contributed by atoms with Crippen LogP contribution in [0.1, 0.15) is 0 Å². The van der Waals surface area contributed by atoms with Gasteiger partial charge in [-0.05, 0) is 70.1 Å². The minimum atomic E-state index is 0.102. The average Bonchev–Trinajstić information content (AvgIpc) is 2.89. The molecule has 0 unspecified atom stereocenters. The SMILES string of the molecule is Oc1ccc2cc(Oc3nc(Oc4ccc5cc(O)ccc5c4)nc(N4CCOCC4)n3)ccc2c1. The van der Waals surface area contributed by atoms with Crippen LogP contribution < -0.4 is 14.4 Å². The van der Waals surface area contributed by atoms with Gasteiger partial charge in [-0.25, -0.2) is 0 Å². The van der Waals surface area contributed by atoms with Crippen LogP contribution in [-0.4, -0.2) is 51.5 Å². The lowest BCUT2D eigenvalue weighted by atomic mass is 10.1. The van der Waals surface area contributed by atoms with Gasteiger partial charge < -0.3 is 29.3 Å². The van der Waals surface area contributed by atoms with Gasteiger partial charge in [-0.2, -0.15) is 9.97 Å². The van der Waals surface area contributed by atoms with Gasteiger partial charge in [0.25, 0.3) is 0 Å². The molecule has 0 amide bonds. The fraction of sp³-hybridized carbons (Fsp3) is 0.148. The third kappa shape index (κ3) is 4.64. The summed E-state index contributed by atoms with van der Waals surface area (Å²) in [4.78, 5) is 15.5. The topological polar surface area (TPSA) is 110 Å². The molecule has 1 aliphatic heterocycles. The molecule has 6 rings (SSSR count). The van der Waals surface area contributed by atoms with Gasteiger partial charge in [0.2, 0.25) is 5.95 Å². The van der Waals surface area contributed by atoms with E-state index >= 15 is 0 Å². The molecular formula is C27H22N4O5. The molecular weight excluding hydrogens is 460 g/mol. The van der Waals surface area contributed by atoms with Crippen molar-refractivity contribution in [1.29, 1.82) is 0 Å². The lowest BCUT2D eigenvalue weighted by Gasteiger charge is -2.26. The van der Waals surface area contributed by atoms with Crippen molar-refractivity contribution in [2.75, 3.05) is 31.2 Å². The summed E-state index contributed by atoms with van der Waals surface area (Å²) in [6, 6.07) is 21.5. The Bertz CT molecular complexity index is 1460.